The van der Waals surface area contributed by atoms with Crippen LogP contribution in [0.5, 0.6) is 11.5 Å². The van der Waals surface area contributed by atoms with E-state index in [0.717, 1.165) is 27.3 Å². The van der Waals surface area contributed by atoms with Crippen LogP contribution in [0.4, 0.5) is 0 Å². The number of benzene rings is 3. The van der Waals surface area contributed by atoms with E-state index in [1.807, 2.05) is 45.0 Å². The van der Waals surface area contributed by atoms with Gasteiger partial charge in [-0.3, -0.25) is 9.59 Å². The highest BCUT2D eigenvalue weighted by Gasteiger charge is 2.33. The molecular formula is C22H20N2O3. The minimum absolute atomic E-state index is 0.344. The van der Waals surface area contributed by atoms with Gasteiger partial charge >= 0.3 is 0 Å². The molecule has 1 heterocycles. The summed E-state index contributed by atoms with van der Waals surface area (Å²) in [6, 6.07) is 14.9. The van der Waals surface area contributed by atoms with Crippen molar-refractivity contribution in [3.63, 3.8) is 0 Å². The van der Waals surface area contributed by atoms with Gasteiger partial charge in [0.25, 0.3) is 11.8 Å². The molecule has 0 bridgehead atoms. The predicted molar refractivity (Wildman–Crippen MR) is 104 cm³/mol. The molecule has 3 aromatic carbocycles. The van der Waals surface area contributed by atoms with Gasteiger partial charge in [-0.2, -0.15) is 0 Å². The standard InChI is InChI=1S/C22H20N2O3/c1-4-23-24-21(25)16-7-5-6-15-19(11-9-17(20(15)16)22(24)26)27-18-10-8-13(2)12-14(18)3/h5-12,23H,4H2,1-3H3. The first kappa shape index (κ1) is 17.2. The maximum atomic E-state index is 12.8. The summed E-state index contributed by atoms with van der Waals surface area (Å²) in [6.07, 6.45) is 0. The first-order chi connectivity index (χ1) is 13.0. The number of amides is 2. The number of ether oxygens (including phenoxy) is 1. The van der Waals surface area contributed by atoms with Crippen LogP contribution in [0.2, 0.25) is 0 Å². The Hall–Kier alpha value is -3.18. The third-order valence-corrected chi connectivity index (χ3v) is 4.73. The van der Waals surface area contributed by atoms with Gasteiger partial charge in [0.05, 0.1) is 11.1 Å². The van der Waals surface area contributed by atoms with Gasteiger partial charge < -0.3 is 4.74 Å². The number of aryl methyl sites for hydroxylation is 2. The van der Waals surface area contributed by atoms with Crippen molar-refractivity contribution in [3.05, 3.63) is 70.8 Å². The summed E-state index contributed by atoms with van der Waals surface area (Å²) in [6.45, 7) is 6.36. The topological polar surface area (TPSA) is 58.6 Å². The molecule has 3 aromatic rings. The molecule has 136 valence electrons. The number of nitrogens with zero attached hydrogens (tertiary/aromatic N) is 1. The molecule has 0 saturated heterocycles. The zero-order chi connectivity index (χ0) is 19.1. The fourth-order valence-corrected chi connectivity index (χ4v) is 3.49. The van der Waals surface area contributed by atoms with E-state index in [0.29, 0.717) is 28.8 Å². The molecule has 0 aromatic heterocycles. The van der Waals surface area contributed by atoms with Crippen molar-refractivity contribution in [1.82, 2.24) is 10.4 Å². The van der Waals surface area contributed by atoms with Crippen molar-refractivity contribution in [3.8, 4) is 11.5 Å². The van der Waals surface area contributed by atoms with Crippen LogP contribution in [-0.4, -0.2) is 23.4 Å². The van der Waals surface area contributed by atoms with E-state index in [1.54, 1.807) is 18.2 Å². The molecule has 1 N–H and O–H groups in total. The minimum Gasteiger partial charge on any atom is -0.456 e. The molecule has 5 nitrogen and oxygen atoms in total. The largest absolute Gasteiger partial charge is 0.456 e. The van der Waals surface area contributed by atoms with Crippen LogP contribution in [0.25, 0.3) is 10.8 Å². The summed E-state index contributed by atoms with van der Waals surface area (Å²) < 4.78 is 6.15. The van der Waals surface area contributed by atoms with Gasteiger partial charge in [0.1, 0.15) is 11.5 Å². The number of carbonyl (C=O) groups is 2. The molecule has 0 aliphatic carbocycles. The second-order valence-electron chi connectivity index (χ2n) is 6.67. The molecule has 0 unspecified atom stereocenters. The minimum atomic E-state index is -0.344. The van der Waals surface area contributed by atoms with E-state index < -0.39 is 0 Å². The molecule has 0 saturated carbocycles. The summed E-state index contributed by atoms with van der Waals surface area (Å²) in [5.74, 6) is 0.691. The van der Waals surface area contributed by atoms with Crippen LogP contribution >= 0.6 is 0 Å². The Kier molecular flexibility index (Phi) is 4.16. The molecule has 0 spiro atoms. The van der Waals surface area contributed by atoms with Gasteiger partial charge in [0.2, 0.25) is 0 Å². The SMILES string of the molecule is CCNN1C(=O)c2cccc3c(Oc4ccc(C)cc4C)ccc(c23)C1=O. The van der Waals surface area contributed by atoms with Gasteiger partial charge in [-0.25, -0.2) is 10.4 Å². The highest BCUT2D eigenvalue weighted by atomic mass is 16.5. The highest BCUT2D eigenvalue weighted by Crippen LogP contribution is 2.37. The van der Waals surface area contributed by atoms with Crippen LogP contribution in [0.3, 0.4) is 0 Å². The summed E-state index contributed by atoms with van der Waals surface area (Å²) in [5, 5.41) is 2.48. The third-order valence-electron chi connectivity index (χ3n) is 4.73. The average Bonchev–Trinajstić information content (AvgIpc) is 2.66. The summed E-state index contributed by atoms with van der Waals surface area (Å²) >= 11 is 0. The molecule has 1 aliphatic rings. The van der Waals surface area contributed by atoms with E-state index in [2.05, 4.69) is 11.5 Å². The quantitative estimate of drug-likeness (QED) is 0.702. The molecule has 27 heavy (non-hydrogen) atoms. The van der Waals surface area contributed by atoms with Crippen LogP contribution < -0.4 is 10.2 Å². The Labute approximate surface area is 157 Å². The lowest BCUT2D eigenvalue weighted by Crippen LogP contribution is -2.49. The van der Waals surface area contributed by atoms with Crippen molar-refractivity contribution >= 4 is 22.6 Å². The number of carbonyl (C=O) groups excluding carboxylic acids is 2. The first-order valence-corrected chi connectivity index (χ1v) is 8.94. The van der Waals surface area contributed by atoms with Crippen molar-refractivity contribution < 1.29 is 14.3 Å². The molecule has 2 amide bonds. The van der Waals surface area contributed by atoms with Crippen molar-refractivity contribution in [2.24, 2.45) is 0 Å². The number of rotatable bonds is 4. The Morgan fingerprint density at radius 3 is 2.33 bits per heavy atom. The van der Waals surface area contributed by atoms with Crippen LogP contribution in [0, 0.1) is 13.8 Å². The van der Waals surface area contributed by atoms with Gasteiger partial charge in [0.15, 0.2) is 0 Å². The fourth-order valence-electron chi connectivity index (χ4n) is 3.49. The zero-order valence-corrected chi connectivity index (χ0v) is 15.5. The number of hydrogen-bond donors (Lipinski definition) is 1. The number of imide groups is 1. The van der Waals surface area contributed by atoms with Crippen molar-refractivity contribution in [2.45, 2.75) is 20.8 Å². The lowest BCUT2D eigenvalue weighted by Gasteiger charge is -2.27. The Bertz CT molecular complexity index is 1070. The lowest BCUT2D eigenvalue weighted by atomic mass is 9.94. The predicted octanol–water partition coefficient (Wildman–Crippen LogP) is 4.37. The molecule has 1 aliphatic heterocycles. The smallest absolute Gasteiger partial charge is 0.275 e. The number of hydrogen-bond acceptors (Lipinski definition) is 4. The van der Waals surface area contributed by atoms with Gasteiger partial charge in [-0.1, -0.05) is 36.8 Å². The lowest BCUT2D eigenvalue weighted by molar-refractivity contribution is 0.0525. The molecule has 0 radical (unpaired) electrons. The third kappa shape index (κ3) is 2.76. The Morgan fingerprint density at radius 1 is 0.926 bits per heavy atom. The van der Waals surface area contributed by atoms with Crippen LogP contribution in [0.1, 0.15) is 38.8 Å². The molecule has 5 heteroatoms. The molecule has 0 atom stereocenters. The van der Waals surface area contributed by atoms with E-state index in [1.165, 1.54) is 0 Å². The maximum Gasteiger partial charge on any atom is 0.275 e. The van der Waals surface area contributed by atoms with Crippen molar-refractivity contribution in [2.75, 3.05) is 6.54 Å². The van der Waals surface area contributed by atoms with Crippen LogP contribution in [-0.2, 0) is 0 Å². The first-order valence-electron chi connectivity index (χ1n) is 8.94. The Morgan fingerprint density at radius 2 is 1.63 bits per heavy atom. The van der Waals surface area contributed by atoms with Crippen molar-refractivity contribution in [1.29, 1.82) is 0 Å². The molecule has 4 rings (SSSR count). The molecule has 0 fully saturated rings. The average molecular weight is 360 g/mol. The second-order valence-corrected chi connectivity index (χ2v) is 6.67. The number of hydrazine groups is 1. The summed E-state index contributed by atoms with van der Waals surface area (Å²) in [7, 11) is 0. The van der Waals surface area contributed by atoms with E-state index in [9.17, 15) is 9.59 Å². The van der Waals surface area contributed by atoms with Gasteiger partial charge in [-0.15, -0.1) is 0 Å². The van der Waals surface area contributed by atoms with Gasteiger partial charge in [-0.05, 0) is 43.7 Å². The zero-order valence-electron chi connectivity index (χ0n) is 15.5. The van der Waals surface area contributed by atoms with E-state index >= 15 is 0 Å². The summed E-state index contributed by atoms with van der Waals surface area (Å²) in [4.78, 5) is 25.5. The summed E-state index contributed by atoms with van der Waals surface area (Å²) in [5.41, 5.74) is 6.02. The highest BCUT2D eigenvalue weighted by molar-refractivity contribution is 6.25. The number of nitrogens with one attached hydrogen (secondary N) is 1. The van der Waals surface area contributed by atoms with Gasteiger partial charge in [0, 0.05) is 17.3 Å². The second kappa shape index (κ2) is 6.52. The monoisotopic (exact) mass is 360 g/mol. The normalized spacial score (nSPS) is 13.4. The van der Waals surface area contributed by atoms with E-state index in [-0.39, 0.29) is 11.8 Å². The van der Waals surface area contributed by atoms with Crippen LogP contribution in [0.15, 0.2) is 48.5 Å². The van der Waals surface area contributed by atoms with E-state index in [4.69, 9.17) is 4.74 Å². The molecular weight excluding hydrogens is 340 g/mol. The Balaban J connectivity index is 1.86. The fraction of sp³-hybridized carbons (Fsp3) is 0.182. The maximum absolute atomic E-state index is 12.8.